The van der Waals surface area contributed by atoms with Crippen molar-refractivity contribution in [1.82, 2.24) is 4.98 Å². The summed E-state index contributed by atoms with van der Waals surface area (Å²) >= 11 is 7.65. The van der Waals surface area contributed by atoms with Gasteiger partial charge in [-0.2, -0.15) is 0 Å². The highest BCUT2D eigenvalue weighted by Gasteiger charge is 2.26. The minimum atomic E-state index is 0.399. The fraction of sp³-hybridized carbons (Fsp3) is 0.500. The fourth-order valence-electron chi connectivity index (χ4n) is 2.57. The number of thiazole rings is 1. The number of rotatable bonds is 4. The zero-order valence-corrected chi connectivity index (χ0v) is 12.4. The third kappa shape index (κ3) is 2.86. The third-order valence-electron chi connectivity index (χ3n) is 3.61. The highest BCUT2D eigenvalue weighted by atomic mass is 35.5. The molecule has 0 amide bonds. The molecule has 1 fully saturated rings. The van der Waals surface area contributed by atoms with Gasteiger partial charge in [0, 0.05) is 24.1 Å². The van der Waals surface area contributed by atoms with Gasteiger partial charge in [0.05, 0.1) is 16.3 Å². The molecule has 0 aliphatic carbocycles. The summed E-state index contributed by atoms with van der Waals surface area (Å²) < 4.78 is 6.87. The smallest absolute Gasteiger partial charge is 0.183 e. The lowest BCUT2D eigenvalue weighted by atomic mass is 10.00. The SMILES string of the molecule is CCC1OCCC1CNc1nc2cc(Cl)ccc2s1. The number of hydrogen-bond donors (Lipinski definition) is 1. The summed E-state index contributed by atoms with van der Waals surface area (Å²) in [7, 11) is 0. The van der Waals surface area contributed by atoms with Crippen molar-refractivity contribution >= 4 is 38.3 Å². The Hall–Kier alpha value is -0.840. The van der Waals surface area contributed by atoms with Crippen LogP contribution in [0.15, 0.2) is 18.2 Å². The van der Waals surface area contributed by atoms with Gasteiger partial charge in [0.1, 0.15) is 0 Å². The quantitative estimate of drug-likeness (QED) is 0.919. The number of halogens is 1. The van der Waals surface area contributed by atoms with E-state index in [1.54, 1.807) is 11.3 Å². The van der Waals surface area contributed by atoms with E-state index in [-0.39, 0.29) is 0 Å². The molecule has 3 rings (SSSR count). The Labute approximate surface area is 121 Å². The average molecular weight is 297 g/mol. The number of nitrogens with zero attached hydrogens (tertiary/aromatic N) is 1. The minimum Gasteiger partial charge on any atom is -0.378 e. The first-order chi connectivity index (χ1) is 9.26. The predicted octanol–water partition coefficient (Wildman–Crippen LogP) is 4.18. The molecule has 2 heterocycles. The van der Waals surface area contributed by atoms with Crippen LogP contribution in [-0.2, 0) is 4.74 Å². The Morgan fingerprint density at radius 1 is 1.53 bits per heavy atom. The van der Waals surface area contributed by atoms with E-state index in [1.807, 2.05) is 18.2 Å². The number of nitrogens with one attached hydrogen (secondary N) is 1. The van der Waals surface area contributed by atoms with Crippen LogP contribution >= 0.6 is 22.9 Å². The van der Waals surface area contributed by atoms with Crippen LogP contribution in [0.3, 0.4) is 0 Å². The van der Waals surface area contributed by atoms with Crippen molar-refractivity contribution < 1.29 is 4.74 Å². The molecule has 2 atom stereocenters. The van der Waals surface area contributed by atoms with Crippen molar-refractivity contribution in [2.45, 2.75) is 25.9 Å². The zero-order chi connectivity index (χ0) is 13.2. The van der Waals surface area contributed by atoms with Crippen LogP contribution in [-0.4, -0.2) is 24.2 Å². The van der Waals surface area contributed by atoms with Crippen LogP contribution in [0.4, 0.5) is 5.13 Å². The van der Waals surface area contributed by atoms with Gasteiger partial charge in [0.25, 0.3) is 0 Å². The normalized spacial score (nSPS) is 23.1. The van der Waals surface area contributed by atoms with E-state index in [4.69, 9.17) is 16.3 Å². The number of hydrogen-bond acceptors (Lipinski definition) is 4. The summed E-state index contributed by atoms with van der Waals surface area (Å²) in [5.41, 5.74) is 0.967. The maximum absolute atomic E-state index is 5.97. The lowest BCUT2D eigenvalue weighted by Crippen LogP contribution is -2.22. The van der Waals surface area contributed by atoms with Crippen molar-refractivity contribution in [2.24, 2.45) is 5.92 Å². The Bertz CT molecular complexity index is 572. The molecular formula is C14H17ClN2OS. The second-order valence-electron chi connectivity index (χ2n) is 4.88. The van der Waals surface area contributed by atoms with Gasteiger partial charge in [-0.15, -0.1) is 0 Å². The van der Waals surface area contributed by atoms with E-state index < -0.39 is 0 Å². The maximum atomic E-state index is 5.97. The third-order valence-corrected chi connectivity index (χ3v) is 4.84. The van der Waals surface area contributed by atoms with Crippen LogP contribution in [0.2, 0.25) is 5.02 Å². The zero-order valence-electron chi connectivity index (χ0n) is 10.9. The summed E-state index contributed by atoms with van der Waals surface area (Å²) in [5, 5.41) is 5.15. The van der Waals surface area contributed by atoms with E-state index in [2.05, 4.69) is 17.2 Å². The molecule has 3 nitrogen and oxygen atoms in total. The molecule has 0 spiro atoms. The van der Waals surface area contributed by atoms with Gasteiger partial charge in [-0.1, -0.05) is 29.9 Å². The largest absolute Gasteiger partial charge is 0.378 e. The first-order valence-electron chi connectivity index (χ1n) is 6.68. The van der Waals surface area contributed by atoms with Gasteiger partial charge in [0.2, 0.25) is 0 Å². The number of benzene rings is 1. The topological polar surface area (TPSA) is 34.1 Å². The molecule has 0 bridgehead atoms. The average Bonchev–Trinajstić information content (AvgIpc) is 3.01. The molecule has 1 saturated heterocycles. The van der Waals surface area contributed by atoms with E-state index in [0.29, 0.717) is 12.0 Å². The number of ether oxygens (including phenoxy) is 1. The highest BCUT2D eigenvalue weighted by Crippen LogP contribution is 2.29. The molecule has 2 unspecified atom stereocenters. The molecular weight excluding hydrogens is 280 g/mol. The Balaban J connectivity index is 1.68. The second kappa shape index (κ2) is 5.65. The van der Waals surface area contributed by atoms with E-state index in [0.717, 1.165) is 41.7 Å². The Morgan fingerprint density at radius 3 is 3.26 bits per heavy atom. The van der Waals surface area contributed by atoms with E-state index in [1.165, 1.54) is 4.70 Å². The molecule has 1 aromatic carbocycles. The second-order valence-corrected chi connectivity index (χ2v) is 6.35. The molecule has 1 N–H and O–H groups in total. The summed E-state index contributed by atoms with van der Waals surface area (Å²) in [6.45, 7) is 4.01. The molecule has 1 aromatic heterocycles. The summed E-state index contributed by atoms with van der Waals surface area (Å²) in [4.78, 5) is 4.57. The van der Waals surface area contributed by atoms with Crippen LogP contribution in [0.5, 0.6) is 0 Å². The van der Waals surface area contributed by atoms with Gasteiger partial charge in [0.15, 0.2) is 5.13 Å². The van der Waals surface area contributed by atoms with Crippen molar-refractivity contribution in [2.75, 3.05) is 18.5 Å². The molecule has 1 aliphatic rings. The lowest BCUT2D eigenvalue weighted by Gasteiger charge is -2.16. The Kier molecular flexibility index (Phi) is 3.91. The number of anilines is 1. The molecule has 1 aliphatic heterocycles. The standard InChI is InChI=1S/C14H17ClN2OS/c1-2-12-9(5-6-18-12)8-16-14-17-11-7-10(15)3-4-13(11)19-14/h3-4,7,9,12H,2,5-6,8H2,1H3,(H,16,17). The van der Waals surface area contributed by atoms with Crippen molar-refractivity contribution in [1.29, 1.82) is 0 Å². The van der Waals surface area contributed by atoms with Crippen LogP contribution < -0.4 is 5.32 Å². The van der Waals surface area contributed by atoms with E-state index >= 15 is 0 Å². The van der Waals surface area contributed by atoms with Crippen molar-refractivity contribution in [3.63, 3.8) is 0 Å². The van der Waals surface area contributed by atoms with Gasteiger partial charge in [-0.3, -0.25) is 0 Å². The maximum Gasteiger partial charge on any atom is 0.183 e. The fourth-order valence-corrected chi connectivity index (χ4v) is 3.59. The Morgan fingerprint density at radius 2 is 2.42 bits per heavy atom. The van der Waals surface area contributed by atoms with Gasteiger partial charge in [-0.05, 0) is 31.0 Å². The molecule has 19 heavy (non-hydrogen) atoms. The lowest BCUT2D eigenvalue weighted by molar-refractivity contribution is 0.0900. The first-order valence-corrected chi connectivity index (χ1v) is 7.87. The molecule has 0 saturated carbocycles. The van der Waals surface area contributed by atoms with Crippen LogP contribution in [0, 0.1) is 5.92 Å². The molecule has 5 heteroatoms. The van der Waals surface area contributed by atoms with Gasteiger partial charge >= 0.3 is 0 Å². The monoisotopic (exact) mass is 296 g/mol. The first kappa shape index (κ1) is 13.2. The summed E-state index contributed by atoms with van der Waals surface area (Å²) in [6, 6.07) is 5.84. The van der Waals surface area contributed by atoms with Gasteiger partial charge < -0.3 is 10.1 Å². The molecule has 2 aromatic rings. The molecule has 0 radical (unpaired) electrons. The summed E-state index contributed by atoms with van der Waals surface area (Å²) in [6.07, 6.45) is 2.63. The number of fused-ring (bicyclic) bond motifs is 1. The van der Waals surface area contributed by atoms with Gasteiger partial charge in [-0.25, -0.2) is 4.98 Å². The van der Waals surface area contributed by atoms with Crippen LogP contribution in [0.1, 0.15) is 19.8 Å². The van der Waals surface area contributed by atoms with Crippen molar-refractivity contribution in [3.8, 4) is 0 Å². The highest BCUT2D eigenvalue weighted by molar-refractivity contribution is 7.22. The minimum absolute atomic E-state index is 0.399. The summed E-state index contributed by atoms with van der Waals surface area (Å²) in [5.74, 6) is 0.598. The van der Waals surface area contributed by atoms with E-state index in [9.17, 15) is 0 Å². The predicted molar refractivity (Wildman–Crippen MR) is 81.3 cm³/mol. The molecule has 102 valence electrons. The number of aromatic nitrogens is 1. The van der Waals surface area contributed by atoms with Crippen molar-refractivity contribution in [3.05, 3.63) is 23.2 Å². The van der Waals surface area contributed by atoms with Crippen LogP contribution in [0.25, 0.3) is 10.2 Å².